The highest BCUT2D eigenvalue weighted by Crippen LogP contribution is 2.25. The summed E-state index contributed by atoms with van der Waals surface area (Å²) >= 11 is 4.13. The Morgan fingerprint density at radius 3 is 2.29 bits per heavy atom. The van der Waals surface area contributed by atoms with E-state index in [9.17, 15) is 0 Å². The van der Waals surface area contributed by atoms with Crippen molar-refractivity contribution in [2.75, 3.05) is 5.75 Å². The molecule has 0 aliphatic heterocycles. The molecule has 1 nitrogen and oxygen atoms in total. The second kappa shape index (κ2) is 2.05. The predicted octanol–water partition coefficient (Wildman–Crippen LogP) is 0.653. The van der Waals surface area contributed by atoms with Crippen LogP contribution in [0.3, 0.4) is 0 Å². The number of nitrogens with two attached hydrogens (primary N) is 1. The second-order valence-electron chi connectivity index (χ2n) is 2.18. The molecular formula is C5H11NS. The molecule has 7 heavy (non-hydrogen) atoms. The zero-order chi connectivity index (χ0) is 5.28. The highest BCUT2D eigenvalue weighted by Gasteiger charge is 2.25. The second-order valence-corrected chi connectivity index (χ2v) is 2.55. The Hall–Kier alpha value is 0.310. The van der Waals surface area contributed by atoms with Gasteiger partial charge in [0, 0.05) is 6.04 Å². The van der Waals surface area contributed by atoms with Crippen molar-refractivity contribution in [2.24, 2.45) is 11.7 Å². The molecule has 0 aromatic rings. The maximum Gasteiger partial charge on any atom is 0.00750 e. The molecule has 2 unspecified atom stereocenters. The molecule has 0 heterocycles. The van der Waals surface area contributed by atoms with Crippen molar-refractivity contribution in [2.45, 2.75) is 18.9 Å². The molecule has 42 valence electrons. The topological polar surface area (TPSA) is 26.0 Å². The lowest BCUT2D eigenvalue weighted by Gasteiger charge is -2.31. The van der Waals surface area contributed by atoms with E-state index in [-0.39, 0.29) is 0 Å². The number of thiol groups is 1. The van der Waals surface area contributed by atoms with Crippen LogP contribution < -0.4 is 5.73 Å². The highest BCUT2D eigenvalue weighted by molar-refractivity contribution is 7.80. The van der Waals surface area contributed by atoms with Gasteiger partial charge in [-0.1, -0.05) is 0 Å². The largest absolute Gasteiger partial charge is 0.327 e. The molecule has 0 amide bonds. The van der Waals surface area contributed by atoms with Gasteiger partial charge < -0.3 is 5.73 Å². The van der Waals surface area contributed by atoms with Crippen LogP contribution in [0.4, 0.5) is 0 Å². The molecule has 1 aliphatic carbocycles. The molecule has 0 saturated heterocycles. The van der Waals surface area contributed by atoms with E-state index in [1.807, 2.05) is 0 Å². The van der Waals surface area contributed by atoms with Crippen LogP contribution in [0.1, 0.15) is 12.8 Å². The Bertz CT molecular complexity index is 63.1. The molecule has 1 saturated carbocycles. The summed E-state index contributed by atoms with van der Waals surface area (Å²) in [5, 5.41) is 0. The molecule has 2 heteroatoms. The van der Waals surface area contributed by atoms with Crippen molar-refractivity contribution in [3.8, 4) is 0 Å². The summed E-state index contributed by atoms with van der Waals surface area (Å²) in [6.07, 6.45) is 2.51. The summed E-state index contributed by atoms with van der Waals surface area (Å²) in [4.78, 5) is 0. The molecule has 1 aliphatic rings. The van der Waals surface area contributed by atoms with E-state index in [4.69, 9.17) is 5.73 Å². The SMILES string of the molecule is NC1CCC1CS. The van der Waals surface area contributed by atoms with Crippen LogP contribution in [0.2, 0.25) is 0 Å². The van der Waals surface area contributed by atoms with Gasteiger partial charge in [0.05, 0.1) is 0 Å². The van der Waals surface area contributed by atoms with E-state index >= 15 is 0 Å². The van der Waals surface area contributed by atoms with E-state index in [0.29, 0.717) is 6.04 Å². The first-order chi connectivity index (χ1) is 3.34. The first kappa shape index (κ1) is 5.45. The molecule has 0 aromatic heterocycles. The third kappa shape index (κ3) is 0.916. The van der Waals surface area contributed by atoms with Gasteiger partial charge in [0.25, 0.3) is 0 Å². The van der Waals surface area contributed by atoms with Crippen molar-refractivity contribution in [3.05, 3.63) is 0 Å². The van der Waals surface area contributed by atoms with E-state index in [1.54, 1.807) is 0 Å². The average Bonchev–Trinajstić information content (AvgIpc) is 1.65. The lowest BCUT2D eigenvalue weighted by atomic mass is 9.82. The lowest BCUT2D eigenvalue weighted by Crippen LogP contribution is -2.40. The van der Waals surface area contributed by atoms with Gasteiger partial charge in [-0.2, -0.15) is 12.6 Å². The fourth-order valence-electron chi connectivity index (χ4n) is 0.821. The van der Waals surface area contributed by atoms with Crippen molar-refractivity contribution >= 4 is 12.6 Å². The fourth-order valence-corrected chi connectivity index (χ4v) is 1.27. The van der Waals surface area contributed by atoms with Gasteiger partial charge in [-0.05, 0) is 24.5 Å². The van der Waals surface area contributed by atoms with Crippen molar-refractivity contribution in [1.29, 1.82) is 0 Å². The quantitative estimate of drug-likeness (QED) is 0.485. The molecule has 2 N–H and O–H groups in total. The van der Waals surface area contributed by atoms with Gasteiger partial charge in [-0.3, -0.25) is 0 Å². The minimum Gasteiger partial charge on any atom is -0.327 e. The van der Waals surface area contributed by atoms with Crippen LogP contribution in [0, 0.1) is 5.92 Å². The molecule has 0 radical (unpaired) electrons. The highest BCUT2D eigenvalue weighted by atomic mass is 32.1. The Balaban J connectivity index is 2.16. The Kier molecular flexibility index (Phi) is 1.60. The summed E-state index contributed by atoms with van der Waals surface area (Å²) < 4.78 is 0. The molecule has 1 rings (SSSR count). The molecule has 0 bridgehead atoms. The molecule has 0 spiro atoms. The summed E-state index contributed by atoms with van der Waals surface area (Å²) in [7, 11) is 0. The lowest BCUT2D eigenvalue weighted by molar-refractivity contribution is 0.288. The molecule has 0 aromatic carbocycles. The van der Waals surface area contributed by atoms with E-state index in [0.717, 1.165) is 11.7 Å². The van der Waals surface area contributed by atoms with Crippen LogP contribution >= 0.6 is 12.6 Å². The number of rotatable bonds is 1. The Morgan fingerprint density at radius 2 is 2.29 bits per heavy atom. The number of hydrogen-bond acceptors (Lipinski definition) is 2. The fraction of sp³-hybridized carbons (Fsp3) is 1.00. The van der Waals surface area contributed by atoms with Crippen LogP contribution in [-0.2, 0) is 0 Å². The summed E-state index contributed by atoms with van der Waals surface area (Å²) in [6.45, 7) is 0. The van der Waals surface area contributed by atoms with Crippen LogP contribution in [0.25, 0.3) is 0 Å². The van der Waals surface area contributed by atoms with Gasteiger partial charge in [-0.15, -0.1) is 0 Å². The summed E-state index contributed by atoms with van der Waals surface area (Å²) in [5.74, 6) is 1.70. The van der Waals surface area contributed by atoms with E-state index in [2.05, 4.69) is 12.6 Å². The van der Waals surface area contributed by atoms with Crippen LogP contribution in [-0.4, -0.2) is 11.8 Å². The predicted molar refractivity (Wildman–Crippen MR) is 34.6 cm³/mol. The maximum absolute atomic E-state index is 5.58. The Morgan fingerprint density at radius 1 is 1.57 bits per heavy atom. The first-order valence-corrected chi connectivity index (χ1v) is 3.34. The maximum atomic E-state index is 5.58. The standard InChI is InChI=1S/C5H11NS/c6-5-2-1-4(5)3-7/h4-5,7H,1-3,6H2. The third-order valence-electron chi connectivity index (χ3n) is 1.71. The average molecular weight is 117 g/mol. The first-order valence-electron chi connectivity index (χ1n) is 2.71. The van der Waals surface area contributed by atoms with E-state index in [1.165, 1.54) is 12.8 Å². The monoisotopic (exact) mass is 117 g/mol. The minimum atomic E-state index is 0.470. The van der Waals surface area contributed by atoms with Crippen molar-refractivity contribution in [3.63, 3.8) is 0 Å². The van der Waals surface area contributed by atoms with Gasteiger partial charge >= 0.3 is 0 Å². The van der Waals surface area contributed by atoms with Crippen LogP contribution in [0.15, 0.2) is 0 Å². The van der Waals surface area contributed by atoms with Gasteiger partial charge in [0.2, 0.25) is 0 Å². The summed E-state index contributed by atoms with van der Waals surface area (Å²) in [6, 6.07) is 0.470. The van der Waals surface area contributed by atoms with Gasteiger partial charge in [0.15, 0.2) is 0 Å². The summed E-state index contributed by atoms with van der Waals surface area (Å²) in [5.41, 5.74) is 5.58. The number of hydrogen-bond donors (Lipinski definition) is 2. The van der Waals surface area contributed by atoms with E-state index < -0.39 is 0 Å². The normalized spacial score (nSPS) is 40.3. The van der Waals surface area contributed by atoms with Crippen molar-refractivity contribution < 1.29 is 0 Å². The van der Waals surface area contributed by atoms with Gasteiger partial charge in [0.1, 0.15) is 0 Å². The smallest absolute Gasteiger partial charge is 0.00750 e. The van der Waals surface area contributed by atoms with Crippen LogP contribution in [0.5, 0.6) is 0 Å². The van der Waals surface area contributed by atoms with Gasteiger partial charge in [-0.25, -0.2) is 0 Å². The zero-order valence-electron chi connectivity index (χ0n) is 4.30. The van der Waals surface area contributed by atoms with Crippen molar-refractivity contribution in [1.82, 2.24) is 0 Å². The molecule has 2 atom stereocenters. The zero-order valence-corrected chi connectivity index (χ0v) is 5.20. The molecule has 1 fully saturated rings. The molecular weight excluding hydrogens is 106 g/mol. The third-order valence-corrected chi connectivity index (χ3v) is 2.18. The minimum absolute atomic E-state index is 0.470. The Labute approximate surface area is 49.7 Å².